The molecule has 0 radical (unpaired) electrons. The molecular weight excluding hydrogens is 532 g/mol. The SMILES string of the molecule is CSCCC(NC(=O)Oc1ccccc1)C(=O)OCCOC(O)C(CCSC)NC(=O)Oc1ccccc1. The third kappa shape index (κ3) is 12.5. The average molecular weight is 567 g/mol. The van der Waals surface area contributed by atoms with Crippen LogP contribution in [0.2, 0.25) is 0 Å². The molecule has 12 heteroatoms. The minimum absolute atomic E-state index is 0.123. The normalized spacial score (nSPS) is 13.0. The number of hydrogen-bond acceptors (Lipinski definition) is 10. The first-order valence-electron chi connectivity index (χ1n) is 11.9. The Balaban J connectivity index is 1.80. The summed E-state index contributed by atoms with van der Waals surface area (Å²) in [5.41, 5.74) is 0. The van der Waals surface area contributed by atoms with Crippen LogP contribution in [0.15, 0.2) is 60.7 Å². The Bertz CT molecular complexity index is 968. The number of ether oxygens (including phenoxy) is 4. The fourth-order valence-corrected chi connectivity index (χ4v) is 4.05. The van der Waals surface area contributed by atoms with E-state index < -0.39 is 36.5 Å². The predicted octanol–water partition coefficient (Wildman–Crippen LogP) is 3.69. The largest absolute Gasteiger partial charge is 0.462 e. The topological polar surface area (TPSA) is 132 Å². The van der Waals surface area contributed by atoms with E-state index in [2.05, 4.69) is 10.6 Å². The second-order valence-electron chi connectivity index (χ2n) is 7.84. The summed E-state index contributed by atoms with van der Waals surface area (Å²) in [6, 6.07) is 15.4. The standard InChI is InChI=1S/C26H34N2O8S2/c1-37-17-13-21(27-25(31)35-19-9-5-3-6-10-19)23(29)33-15-16-34-24(30)22(14-18-38-2)28-26(32)36-20-11-7-4-8-12-20/h3-12,21-23,29H,13-18H2,1-2H3,(H,27,31)(H,28,32). The number of rotatable bonds is 16. The highest BCUT2D eigenvalue weighted by molar-refractivity contribution is 7.98. The molecule has 3 unspecified atom stereocenters. The lowest BCUT2D eigenvalue weighted by Gasteiger charge is -2.24. The van der Waals surface area contributed by atoms with Gasteiger partial charge in [-0.15, -0.1) is 0 Å². The molecular formula is C26H34N2O8S2. The Labute approximate surface area is 231 Å². The molecule has 2 rings (SSSR count). The zero-order valence-corrected chi connectivity index (χ0v) is 23.0. The number of aliphatic hydroxyl groups excluding tert-OH is 1. The third-order valence-electron chi connectivity index (χ3n) is 4.99. The van der Waals surface area contributed by atoms with E-state index in [0.717, 1.165) is 0 Å². The summed E-state index contributed by atoms with van der Waals surface area (Å²) in [6.07, 6.45) is 1.72. The summed E-state index contributed by atoms with van der Waals surface area (Å²) in [7, 11) is 0. The molecule has 0 bridgehead atoms. The van der Waals surface area contributed by atoms with Gasteiger partial charge in [-0.1, -0.05) is 36.4 Å². The van der Waals surface area contributed by atoms with Gasteiger partial charge in [-0.05, 0) is 61.1 Å². The molecule has 3 atom stereocenters. The van der Waals surface area contributed by atoms with Crippen molar-refractivity contribution in [1.29, 1.82) is 0 Å². The van der Waals surface area contributed by atoms with Crippen molar-refractivity contribution in [1.82, 2.24) is 10.6 Å². The average Bonchev–Trinajstić information content (AvgIpc) is 2.92. The highest BCUT2D eigenvalue weighted by Gasteiger charge is 2.25. The number of benzene rings is 2. The van der Waals surface area contributed by atoms with Gasteiger partial charge in [-0.25, -0.2) is 14.4 Å². The van der Waals surface area contributed by atoms with Crippen LogP contribution >= 0.6 is 23.5 Å². The van der Waals surface area contributed by atoms with Crippen LogP contribution in [0.3, 0.4) is 0 Å². The van der Waals surface area contributed by atoms with E-state index in [0.29, 0.717) is 35.8 Å². The molecule has 0 saturated heterocycles. The number of esters is 1. The van der Waals surface area contributed by atoms with E-state index in [1.807, 2.05) is 12.5 Å². The van der Waals surface area contributed by atoms with E-state index in [1.54, 1.807) is 72.4 Å². The van der Waals surface area contributed by atoms with Crippen molar-refractivity contribution >= 4 is 41.7 Å². The first-order chi connectivity index (χ1) is 18.4. The molecule has 0 heterocycles. The maximum Gasteiger partial charge on any atom is 0.413 e. The first kappa shape index (κ1) is 31.3. The van der Waals surface area contributed by atoms with Crippen molar-refractivity contribution in [2.75, 3.05) is 37.2 Å². The number of carbonyl (C=O) groups excluding carboxylic acids is 3. The summed E-state index contributed by atoms with van der Waals surface area (Å²) in [5, 5.41) is 15.6. The molecule has 208 valence electrons. The maximum atomic E-state index is 12.6. The van der Waals surface area contributed by atoms with Crippen LogP contribution in [0.25, 0.3) is 0 Å². The minimum atomic E-state index is -1.35. The zero-order chi connectivity index (χ0) is 27.6. The summed E-state index contributed by atoms with van der Waals surface area (Å²) in [4.78, 5) is 37.1. The number of para-hydroxylation sites is 2. The molecule has 2 amide bonds. The summed E-state index contributed by atoms with van der Waals surface area (Å²) in [6.45, 7) is -0.285. The van der Waals surface area contributed by atoms with Crippen LogP contribution in [-0.2, 0) is 14.3 Å². The molecule has 10 nitrogen and oxygen atoms in total. The van der Waals surface area contributed by atoms with Crippen molar-refractivity contribution in [3.8, 4) is 11.5 Å². The summed E-state index contributed by atoms with van der Waals surface area (Å²) in [5.74, 6) is 1.34. The van der Waals surface area contributed by atoms with Gasteiger partial charge in [0.1, 0.15) is 24.1 Å². The number of thioether (sulfide) groups is 2. The lowest BCUT2D eigenvalue weighted by Crippen LogP contribution is -2.46. The fraction of sp³-hybridized carbons (Fsp3) is 0.423. The van der Waals surface area contributed by atoms with Crippen LogP contribution in [0.1, 0.15) is 12.8 Å². The van der Waals surface area contributed by atoms with E-state index in [4.69, 9.17) is 18.9 Å². The number of carbonyl (C=O) groups is 3. The zero-order valence-electron chi connectivity index (χ0n) is 21.4. The molecule has 0 saturated carbocycles. The van der Waals surface area contributed by atoms with Gasteiger partial charge in [-0.2, -0.15) is 23.5 Å². The molecule has 38 heavy (non-hydrogen) atoms. The van der Waals surface area contributed by atoms with Gasteiger partial charge in [-0.3, -0.25) is 0 Å². The van der Waals surface area contributed by atoms with Crippen LogP contribution in [0.4, 0.5) is 9.59 Å². The summed E-state index contributed by atoms with van der Waals surface area (Å²) < 4.78 is 21.1. The molecule has 2 aromatic rings. The third-order valence-corrected chi connectivity index (χ3v) is 6.28. The van der Waals surface area contributed by atoms with E-state index in [1.165, 1.54) is 11.8 Å². The maximum absolute atomic E-state index is 12.6. The van der Waals surface area contributed by atoms with Crippen LogP contribution in [0, 0.1) is 0 Å². The van der Waals surface area contributed by atoms with Gasteiger partial charge in [0.25, 0.3) is 0 Å². The quantitative estimate of drug-likeness (QED) is 0.157. The molecule has 0 aliphatic carbocycles. The highest BCUT2D eigenvalue weighted by Crippen LogP contribution is 2.12. The van der Waals surface area contributed by atoms with Crippen molar-refractivity contribution in [2.24, 2.45) is 0 Å². The Kier molecular flexibility index (Phi) is 15.1. The Hall–Kier alpha value is -2.93. The first-order valence-corrected chi connectivity index (χ1v) is 14.7. The second-order valence-corrected chi connectivity index (χ2v) is 9.82. The number of hydrogen-bond donors (Lipinski definition) is 3. The van der Waals surface area contributed by atoms with Crippen molar-refractivity contribution in [2.45, 2.75) is 31.2 Å². The monoisotopic (exact) mass is 566 g/mol. The van der Waals surface area contributed by atoms with Crippen molar-refractivity contribution < 1.29 is 38.4 Å². The van der Waals surface area contributed by atoms with Crippen LogP contribution in [0.5, 0.6) is 11.5 Å². The minimum Gasteiger partial charge on any atom is -0.462 e. The van der Waals surface area contributed by atoms with E-state index >= 15 is 0 Å². The van der Waals surface area contributed by atoms with E-state index in [9.17, 15) is 19.5 Å². The molecule has 0 aliphatic rings. The molecule has 0 aromatic heterocycles. The van der Waals surface area contributed by atoms with Gasteiger partial charge in [0.05, 0.1) is 12.6 Å². The lowest BCUT2D eigenvalue weighted by molar-refractivity contribution is -0.156. The van der Waals surface area contributed by atoms with Gasteiger partial charge < -0.3 is 34.7 Å². The van der Waals surface area contributed by atoms with Crippen LogP contribution < -0.4 is 20.1 Å². The van der Waals surface area contributed by atoms with Crippen LogP contribution in [-0.4, -0.2) is 78.9 Å². The van der Waals surface area contributed by atoms with Gasteiger partial charge in [0.15, 0.2) is 6.29 Å². The van der Waals surface area contributed by atoms with Crippen molar-refractivity contribution in [3.63, 3.8) is 0 Å². The Morgan fingerprint density at radius 2 is 1.32 bits per heavy atom. The smallest absolute Gasteiger partial charge is 0.413 e. The molecule has 2 aromatic carbocycles. The fourth-order valence-electron chi connectivity index (χ4n) is 3.09. The molecule has 0 spiro atoms. The number of amides is 2. The van der Waals surface area contributed by atoms with Gasteiger partial charge in [0, 0.05) is 0 Å². The molecule has 0 aliphatic heterocycles. The van der Waals surface area contributed by atoms with E-state index in [-0.39, 0.29) is 13.2 Å². The predicted molar refractivity (Wildman–Crippen MR) is 148 cm³/mol. The van der Waals surface area contributed by atoms with Gasteiger partial charge in [0.2, 0.25) is 0 Å². The van der Waals surface area contributed by atoms with Gasteiger partial charge >= 0.3 is 18.2 Å². The van der Waals surface area contributed by atoms with Crippen molar-refractivity contribution in [3.05, 3.63) is 60.7 Å². The highest BCUT2D eigenvalue weighted by atomic mass is 32.2. The Morgan fingerprint density at radius 1 is 0.789 bits per heavy atom. The lowest BCUT2D eigenvalue weighted by atomic mass is 10.2. The molecule has 0 fully saturated rings. The molecule has 3 N–H and O–H groups in total. The second kappa shape index (κ2) is 18.3. The number of nitrogens with one attached hydrogen (secondary N) is 2. The Morgan fingerprint density at radius 3 is 1.87 bits per heavy atom. The number of aliphatic hydroxyl groups is 1. The summed E-state index contributed by atoms with van der Waals surface area (Å²) >= 11 is 3.07.